The third-order valence-corrected chi connectivity index (χ3v) is 8.26. The smallest absolute Gasteiger partial charge is 0.332 e. The van der Waals surface area contributed by atoms with Gasteiger partial charge in [-0.2, -0.15) is 0 Å². The lowest BCUT2D eigenvalue weighted by Gasteiger charge is -2.36. The molecule has 7 rings (SSSR count). The van der Waals surface area contributed by atoms with Gasteiger partial charge in [0.15, 0.2) is 0 Å². The van der Waals surface area contributed by atoms with E-state index in [2.05, 4.69) is 10.3 Å². The highest BCUT2D eigenvalue weighted by atomic mass is 35.5. The van der Waals surface area contributed by atoms with Crippen molar-refractivity contribution in [3.8, 4) is 5.75 Å². The number of H-pyrrole nitrogens is 1. The summed E-state index contributed by atoms with van der Waals surface area (Å²) in [6, 6.07) is 27.1. The molecule has 1 fully saturated rings. The molecule has 1 aromatic heterocycles. The standard InChI is InChI=1S/C34H27ClN4O4/c1-2-43-23-16-14-22(15-17-23)36-32(40)25-11-4-6-13-28(25)39-33(41)29-19-26-24-10-3-5-12-27(24)37-30(26)31(38(29)34(39)42)20-8-7-9-21(35)18-20/h3-18,29,31,37H,2,19H2,1H3,(H,36,40)/t29-,31+/m0/s1. The maximum absolute atomic E-state index is 14.3. The highest BCUT2D eigenvalue weighted by Crippen LogP contribution is 2.45. The van der Waals surface area contributed by atoms with Crippen LogP contribution in [0.3, 0.4) is 0 Å². The van der Waals surface area contributed by atoms with Gasteiger partial charge in [0.1, 0.15) is 17.8 Å². The van der Waals surface area contributed by atoms with Crippen LogP contribution in [0.1, 0.15) is 40.1 Å². The van der Waals surface area contributed by atoms with Gasteiger partial charge < -0.3 is 15.0 Å². The Morgan fingerprint density at radius 1 is 0.977 bits per heavy atom. The summed E-state index contributed by atoms with van der Waals surface area (Å²) in [5.74, 6) is -0.125. The lowest BCUT2D eigenvalue weighted by Crippen LogP contribution is -2.44. The first-order chi connectivity index (χ1) is 20.9. The Bertz CT molecular complexity index is 1900. The van der Waals surface area contributed by atoms with E-state index in [0.29, 0.717) is 29.5 Å². The summed E-state index contributed by atoms with van der Waals surface area (Å²) in [6.45, 7) is 2.44. The highest BCUT2D eigenvalue weighted by Gasteiger charge is 2.53. The van der Waals surface area contributed by atoms with Crippen molar-refractivity contribution in [1.82, 2.24) is 9.88 Å². The average Bonchev–Trinajstić information content (AvgIpc) is 3.51. The van der Waals surface area contributed by atoms with Crippen molar-refractivity contribution >= 4 is 51.7 Å². The number of fused-ring (bicyclic) bond motifs is 4. The molecule has 0 unspecified atom stereocenters. The van der Waals surface area contributed by atoms with Crippen molar-refractivity contribution in [2.24, 2.45) is 0 Å². The number of rotatable bonds is 6. The molecule has 0 spiro atoms. The van der Waals surface area contributed by atoms with Gasteiger partial charge in [0.05, 0.1) is 17.9 Å². The van der Waals surface area contributed by atoms with E-state index < -0.39 is 24.0 Å². The summed E-state index contributed by atoms with van der Waals surface area (Å²) < 4.78 is 5.49. The van der Waals surface area contributed by atoms with Gasteiger partial charge in [-0.3, -0.25) is 14.5 Å². The van der Waals surface area contributed by atoms with Crippen LogP contribution in [0.5, 0.6) is 5.75 Å². The van der Waals surface area contributed by atoms with Gasteiger partial charge in [-0.25, -0.2) is 9.69 Å². The molecule has 2 atom stereocenters. The number of para-hydroxylation sites is 2. The van der Waals surface area contributed by atoms with Gasteiger partial charge >= 0.3 is 6.03 Å². The van der Waals surface area contributed by atoms with Crippen LogP contribution in [0.25, 0.3) is 10.9 Å². The van der Waals surface area contributed by atoms with E-state index in [-0.39, 0.29) is 17.2 Å². The van der Waals surface area contributed by atoms with E-state index in [4.69, 9.17) is 16.3 Å². The third-order valence-electron chi connectivity index (χ3n) is 8.03. The molecule has 0 bridgehead atoms. The number of halogens is 1. The minimum atomic E-state index is -0.759. The molecule has 0 saturated carbocycles. The molecule has 1 saturated heterocycles. The molecule has 8 nitrogen and oxygen atoms in total. The Morgan fingerprint density at radius 3 is 2.53 bits per heavy atom. The Hall–Kier alpha value is -5.08. The molecular formula is C34H27ClN4O4. The molecule has 2 aliphatic heterocycles. The van der Waals surface area contributed by atoms with E-state index in [1.165, 1.54) is 0 Å². The fourth-order valence-corrected chi connectivity index (χ4v) is 6.38. The summed E-state index contributed by atoms with van der Waals surface area (Å²) >= 11 is 6.41. The summed E-state index contributed by atoms with van der Waals surface area (Å²) in [6.07, 6.45) is 0.345. The quantitative estimate of drug-likeness (QED) is 0.209. The number of aromatic amines is 1. The van der Waals surface area contributed by atoms with Crippen molar-refractivity contribution in [3.63, 3.8) is 0 Å². The number of nitrogens with one attached hydrogen (secondary N) is 2. The molecule has 2 aliphatic rings. The fraction of sp³-hybridized carbons (Fsp3) is 0.147. The van der Waals surface area contributed by atoms with Crippen molar-refractivity contribution in [2.45, 2.75) is 25.4 Å². The zero-order valence-corrected chi connectivity index (χ0v) is 24.0. The van der Waals surface area contributed by atoms with Crippen molar-refractivity contribution in [3.05, 3.63) is 124 Å². The molecule has 2 N–H and O–H groups in total. The second kappa shape index (κ2) is 10.6. The van der Waals surface area contributed by atoms with Crippen LogP contribution in [0.2, 0.25) is 5.02 Å². The summed E-state index contributed by atoms with van der Waals surface area (Å²) in [4.78, 5) is 48.3. The minimum absolute atomic E-state index is 0.209. The Kier molecular flexibility index (Phi) is 6.63. The fourth-order valence-electron chi connectivity index (χ4n) is 6.18. The van der Waals surface area contributed by atoms with Gasteiger partial charge in [0, 0.05) is 33.7 Å². The van der Waals surface area contributed by atoms with Gasteiger partial charge in [-0.1, -0.05) is 54.1 Å². The number of urea groups is 1. The molecule has 4 amide bonds. The summed E-state index contributed by atoms with van der Waals surface area (Å²) in [5, 5.41) is 4.42. The van der Waals surface area contributed by atoms with Crippen LogP contribution >= 0.6 is 11.6 Å². The highest BCUT2D eigenvalue weighted by molar-refractivity contribution is 6.30. The molecule has 214 valence electrons. The van der Waals surface area contributed by atoms with E-state index in [1.54, 1.807) is 59.5 Å². The van der Waals surface area contributed by atoms with Gasteiger partial charge in [-0.15, -0.1) is 0 Å². The second-order valence-electron chi connectivity index (χ2n) is 10.5. The van der Waals surface area contributed by atoms with Gasteiger partial charge in [0.2, 0.25) is 0 Å². The number of carbonyl (C=O) groups excluding carboxylic acids is 3. The largest absolute Gasteiger partial charge is 0.494 e. The minimum Gasteiger partial charge on any atom is -0.494 e. The molecule has 5 aromatic rings. The molecule has 0 aliphatic carbocycles. The number of hydrogen-bond donors (Lipinski definition) is 2. The lowest BCUT2D eigenvalue weighted by atomic mass is 9.89. The molecule has 3 heterocycles. The number of nitrogens with zero attached hydrogens (tertiary/aromatic N) is 2. The van der Waals surface area contributed by atoms with Crippen molar-refractivity contribution in [2.75, 3.05) is 16.8 Å². The maximum atomic E-state index is 14.3. The maximum Gasteiger partial charge on any atom is 0.332 e. The van der Waals surface area contributed by atoms with Crippen LogP contribution < -0.4 is 15.0 Å². The SMILES string of the molecule is CCOc1ccc(NC(=O)c2ccccc2N2C(=O)[C@@H]3Cc4c([nH]c5ccccc45)[C@@H](c4cccc(Cl)c4)N3C2=O)cc1. The van der Waals surface area contributed by atoms with Crippen LogP contribution in [0.15, 0.2) is 97.1 Å². The molecule has 0 radical (unpaired) electrons. The predicted molar refractivity (Wildman–Crippen MR) is 166 cm³/mol. The molecular weight excluding hydrogens is 564 g/mol. The number of amides is 4. The first-order valence-electron chi connectivity index (χ1n) is 14.1. The zero-order valence-electron chi connectivity index (χ0n) is 23.2. The van der Waals surface area contributed by atoms with Crippen molar-refractivity contribution < 1.29 is 19.1 Å². The number of hydrogen-bond acceptors (Lipinski definition) is 4. The second-order valence-corrected chi connectivity index (χ2v) is 11.0. The summed E-state index contributed by atoms with van der Waals surface area (Å²) in [7, 11) is 0. The van der Waals surface area contributed by atoms with Crippen LogP contribution in [0.4, 0.5) is 16.2 Å². The third kappa shape index (κ3) is 4.51. The summed E-state index contributed by atoms with van der Waals surface area (Å²) in [5.41, 5.74) is 4.57. The average molecular weight is 591 g/mol. The monoisotopic (exact) mass is 590 g/mol. The van der Waals surface area contributed by atoms with E-state index in [1.807, 2.05) is 49.4 Å². The van der Waals surface area contributed by atoms with Crippen molar-refractivity contribution in [1.29, 1.82) is 0 Å². The lowest BCUT2D eigenvalue weighted by molar-refractivity contribution is -0.120. The first-order valence-corrected chi connectivity index (χ1v) is 14.5. The molecule has 9 heteroatoms. The normalized spacial score (nSPS) is 17.6. The number of ether oxygens (including phenoxy) is 1. The first kappa shape index (κ1) is 26.8. The van der Waals surface area contributed by atoms with E-state index in [9.17, 15) is 14.4 Å². The number of aromatic nitrogens is 1. The molecule has 43 heavy (non-hydrogen) atoms. The van der Waals surface area contributed by atoms with Gasteiger partial charge in [-0.05, 0) is 72.6 Å². The van der Waals surface area contributed by atoms with Crippen LogP contribution in [-0.2, 0) is 11.2 Å². The Labute approximate surface area is 252 Å². The molecule has 4 aromatic carbocycles. The Morgan fingerprint density at radius 2 is 1.74 bits per heavy atom. The Balaban J connectivity index is 1.28. The number of benzene rings is 4. The van der Waals surface area contributed by atoms with Gasteiger partial charge in [0.25, 0.3) is 11.8 Å². The topological polar surface area (TPSA) is 94.7 Å². The zero-order chi connectivity index (χ0) is 29.7. The number of carbonyl (C=O) groups is 3. The van der Waals surface area contributed by atoms with E-state index in [0.717, 1.165) is 32.6 Å². The predicted octanol–water partition coefficient (Wildman–Crippen LogP) is 6.96. The van der Waals surface area contributed by atoms with Crippen LogP contribution in [-0.4, -0.2) is 40.4 Å². The van der Waals surface area contributed by atoms with Crippen LogP contribution in [0, 0.1) is 0 Å². The van der Waals surface area contributed by atoms with E-state index >= 15 is 0 Å². The number of anilines is 2. The number of imide groups is 1.